The van der Waals surface area contributed by atoms with E-state index in [9.17, 15) is 0 Å². The van der Waals surface area contributed by atoms with Gasteiger partial charge in [0, 0.05) is 67.9 Å². The van der Waals surface area contributed by atoms with Crippen LogP contribution in [-0.2, 0) is 0 Å². The van der Waals surface area contributed by atoms with Gasteiger partial charge < -0.3 is 14.7 Å². The van der Waals surface area contributed by atoms with Crippen LogP contribution in [0.5, 0.6) is 0 Å². The lowest BCUT2D eigenvalue weighted by atomic mass is 10.1. The number of para-hydroxylation sites is 6. The lowest BCUT2D eigenvalue weighted by molar-refractivity contribution is 1.07. The average molecular weight is 811 g/mol. The molecule has 0 radical (unpaired) electrons. The molecule has 63 heavy (non-hydrogen) atoms. The van der Waals surface area contributed by atoms with Gasteiger partial charge in [0.2, 0.25) is 0 Å². The second kappa shape index (κ2) is 17.9. The summed E-state index contributed by atoms with van der Waals surface area (Å²) < 4.78 is 0. The molecule has 0 amide bonds. The third-order valence-electron chi connectivity index (χ3n) is 10.9. The summed E-state index contributed by atoms with van der Waals surface area (Å²) in [7, 11) is 0. The quantitative estimate of drug-likeness (QED) is 0.122. The number of hydrogen-bond donors (Lipinski definition) is 0. The van der Waals surface area contributed by atoms with E-state index in [2.05, 4.69) is 233 Å². The second-order valence-corrected chi connectivity index (χ2v) is 15.0. The van der Waals surface area contributed by atoms with Gasteiger partial charge in [-0.1, -0.05) is 109 Å². The van der Waals surface area contributed by atoms with Gasteiger partial charge in [-0.25, -0.2) is 15.0 Å². The normalized spacial score (nSPS) is 10.9. The minimum Gasteiger partial charge on any atom is -0.311 e. The van der Waals surface area contributed by atoms with Gasteiger partial charge in [0.05, 0.1) is 0 Å². The zero-order valence-corrected chi connectivity index (χ0v) is 34.4. The van der Waals surface area contributed by atoms with E-state index in [-0.39, 0.29) is 0 Å². The lowest BCUT2D eigenvalue weighted by Gasteiger charge is -2.25. The third kappa shape index (κ3) is 8.42. The first-order chi connectivity index (χ1) is 31.2. The summed E-state index contributed by atoms with van der Waals surface area (Å²) in [5.41, 5.74) is 12.2. The molecule has 10 rings (SSSR count). The SMILES string of the molecule is c1ccc(N(c2ccccc2)c2ccc(-c3nc(-c4ccc(N(c5ccccc5)c5ccccc5)cc4)nc(-c4ccc(N(c5ccccc5)c5ccccc5)cc4)n3)cc2)cc1. The Kier molecular flexibility index (Phi) is 11.0. The van der Waals surface area contributed by atoms with E-state index in [1.807, 2.05) is 36.4 Å². The predicted octanol–water partition coefficient (Wildman–Crippen LogP) is 15.3. The monoisotopic (exact) mass is 810 g/mol. The van der Waals surface area contributed by atoms with Gasteiger partial charge >= 0.3 is 0 Å². The molecule has 0 aliphatic rings. The van der Waals surface area contributed by atoms with E-state index in [4.69, 9.17) is 15.0 Å². The fourth-order valence-electron chi connectivity index (χ4n) is 7.85. The highest BCUT2D eigenvalue weighted by atomic mass is 15.2. The van der Waals surface area contributed by atoms with Crippen LogP contribution in [-0.4, -0.2) is 15.0 Å². The zero-order chi connectivity index (χ0) is 42.2. The van der Waals surface area contributed by atoms with Crippen molar-refractivity contribution < 1.29 is 0 Å². The standard InChI is InChI=1S/C57H42N6/c1-7-19-46(20-8-1)61(47-21-9-2-10-22-47)52-37-31-43(32-38-52)55-58-56(44-33-39-53(40-34-44)62(48-23-11-3-12-24-48)49-25-13-4-14-26-49)60-57(59-55)45-35-41-54(42-36-45)63(50-27-15-5-16-28-50)51-29-17-6-18-30-51/h1-42H. The predicted molar refractivity (Wildman–Crippen MR) is 260 cm³/mol. The first-order valence-electron chi connectivity index (χ1n) is 21.0. The molecule has 0 saturated carbocycles. The van der Waals surface area contributed by atoms with Crippen LogP contribution in [0.1, 0.15) is 0 Å². The number of aromatic nitrogens is 3. The minimum atomic E-state index is 0.589. The van der Waals surface area contributed by atoms with E-state index < -0.39 is 0 Å². The second-order valence-electron chi connectivity index (χ2n) is 15.0. The molecule has 9 aromatic carbocycles. The first kappa shape index (κ1) is 38.6. The van der Waals surface area contributed by atoms with Crippen LogP contribution < -0.4 is 14.7 Å². The summed E-state index contributed by atoms with van der Waals surface area (Å²) in [6, 6.07) is 87.9. The van der Waals surface area contributed by atoms with Crippen LogP contribution in [0.25, 0.3) is 34.2 Å². The van der Waals surface area contributed by atoms with Crippen molar-refractivity contribution in [2.24, 2.45) is 0 Å². The molecule has 0 unspecified atom stereocenters. The largest absolute Gasteiger partial charge is 0.311 e. The highest BCUT2D eigenvalue weighted by Crippen LogP contribution is 2.39. The van der Waals surface area contributed by atoms with Gasteiger partial charge in [-0.3, -0.25) is 0 Å². The Morgan fingerprint density at radius 3 is 0.508 bits per heavy atom. The van der Waals surface area contributed by atoms with E-state index in [1.165, 1.54) is 0 Å². The number of benzene rings is 9. The van der Waals surface area contributed by atoms with Gasteiger partial charge in [0.1, 0.15) is 0 Å². The zero-order valence-electron chi connectivity index (χ0n) is 34.4. The molecule has 6 nitrogen and oxygen atoms in total. The van der Waals surface area contributed by atoms with Crippen molar-refractivity contribution in [1.82, 2.24) is 15.0 Å². The molecule has 0 spiro atoms. The van der Waals surface area contributed by atoms with Crippen LogP contribution in [0, 0.1) is 0 Å². The van der Waals surface area contributed by atoms with Crippen LogP contribution >= 0.6 is 0 Å². The Hall–Kier alpha value is -8.61. The van der Waals surface area contributed by atoms with Crippen molar-refractivity contribution in [2.75, 3.05) is 14.7 Å². The minimum absolute atomic E-state index is 0.589. The maximum Gasteiger partial charge on any atom is 0.164 e. The van der Waals surface area contributed by atoms with Crippen molar-refractivity contribution in [1.29, 1.82) is 0 Å². The van der Waals surface area contributed by atoms with Crippen molar-refractivity contribution in [3.8, 4) is 34.2 Å². The van der Waals surface area contributed by atoms with E-state index >= 15 is 0 Å². The first-order valence-corrected chi connectivity index (χ1v) is 21.0. The Balaban J connectivity index is 1.05. The summed E-state index contributed by atoms with van der Waals surface area (Å²) in [6.45, 7) is 0. The Morgan fingerprint density at radius 2 is 0.333 bits per heavy atom. The van der Waals surface area contributed by atoms with Crippen LogP contribution in [0.3, 0.4) is 0 Å². The van der Waals surface area contributed by atoms with Gasteiger partial charge in [0.25, 0.3) is 0 Å². The number of rotatable bonds is 12. The van der Waals surface area contributed by atoms with Crippen molar-refractivity contribution >= 4 is 51.2 Å². The summed E-state index contributed by atoms with van der Waals surface area (Å²) >= 11 is 0. The summed E-state index contributed by atoms with van der Waals surface area (Å²) in [4.78, 5) is 22.2. The maximum absolute atomic E-state index is 5.15. The molecule has 0 bridgehead atoms. The van der Waals surface area contributed by atoms with Gasteiger partial charge in [-0.05, 0) is 146 Å². The number of anilines is 9. The lowest BCUT2D eigenvalue weighted by Crippen LogP contribution is -2.10. The van der Waals surface area contributed by atoms with Gasteiger partial charge in [-0.15, -0.1) is 0 Å². The van der Waals surface area contributed by atoms with Gasteiger partial charge in [0.15, 0.2) is 17.5 Å². The summed E-state index contributed by atoms with van der Waals surface area (Å²) in [5, 5.41) is 0. The van der Waals surface area contributed by atoms with Crippen LogP contribution in [0.2, 0.25) is 0 Å². The molecular formula is C57H42N6. The van der Waals surface area contributed by atoms with Crippen LogP contribution in [0.4, 0.5) is 51.2 Å². The van der Waals surface area contributed by atoms with Crippen LogP contribution in [0.15, 0.2) is 255 Å². The van der Waals surface area contributed by atoms with Crippen molar-refractivity contribution in [3.05, 3.63) is 255 Å². The molecule has 1 aromatic heterocycles. The fourth-order valence-corrected chi connectivity index (χ4v) is 7.85. The Morgan fingerprint density at radius 1 is 0.175 bits per heavy atom. The number of hydrogen-bond acceptors (Lipinski definition) is 6. The van der Waals surface area contributed by atoms with E-state index in [1.54, 1.807) is 0 Å². The molecule has 0 N–H and O–H groups in total. The fraction of sp³-hybridized carbons (Fsp3) is 0. The Labute approximate surface area is 368 Å². The van der Waals surface area contributed by atoms with Crippen molar-refractivity contribution in [2.45, 2.75) is 0 Å². The molecule has 0 atom stereocenters. The highest BCUT2D eigenvalue weighted by Gasteiger charge is 2.18. The van der Waals surface area contributed by atoms with E-state index in [0.29, 0.717) is 17.5 Å². The molecule has 6 heteroatoms. The molecular weight excluding hydrogens is 769 g/mol. The maximum atomic E-state index is 5.15. The molecule has 300 valence electrons. The average Bonchev–Trinajstić information content (AvgIpc) is 3.37. The molecule has 0 fully saturated rings. The summed E-state index contributed by atoms with van der Waals surface area (Å²) in [5.74, 6) is 1.77. The van der Waals surface area contributed by atoms with Gasteiger partial charge in [-0.2, -0.15) is 0 Å². The third-order valence-corrected chi connectivity index (χ3v) is 10.9. The molecule has 0 aliphatic carbocycles. The summed E-state index contributed by atoms with van der Waals surface area (Å²) in [6.07, 6.45) is 0. The van der Waals surface area contributed by atoms with Crippen molar-refractivity contribution in [3.63, 3.8) is 0 Å². The number of nitrogens with zero attached hydrogens (tertiary/aromatic N) is 6. The molecule has 1 heterocycles. The topological polar surface area (TPSA) is 48.4 Å². The molecule has 0 aliphatic heterocycles. The highest BCUT2D eigenvalue weighted by molar-refractivity contribution is 5.81. The Bertz CT molecular complexity index is 2540. The smallest absolute Gasteiger partial charge is 0.164 e. The molecule has 10 aromatic rings. The van der Waals surface area contributed by atoms with E-state index in [0.717, 1.165) is 67.9 Å². The molecule has 0 saturated heterocycles.